The molecule has 0 aliphatic rings. The number of aryl methyl sites for hydroxylation is 1. The summed E-state index contributed by atoms with van der Waals surface area (Å²) in [4.78, 5) is 15.0. The van der Waals surface area contributed by atoms with Gasteiger partial charge in [-0.05, 0) is 25.6 Å². The van der Waals surface area contributed by atoms with Crippen molar-refractivity contribution in [3.05, 3.63) is 26.9 Å². The van der Waals surface area contributed by atoms with E-state index in [1.807, 2.05) is 6.92 Å². The summed E-state index contributed by atoms with van der Waals surface area (Å²) in [5, 5.41) is 0. The quantitative estimate of drug-likeness (QED) is 0.220. The minimum atomic E-state index is 0.0252. The van der Waals surface area contributed by atoms with Gasteiger partial charge in [0.15, 0.2) is 4.77 Å². The van der Waals surface area contributed by atoms with E-state index in [1.54, 1.807) is 10.6 Å². The summed E-state index contributed by atoms with van der Waals surface area (Å²) in [6, 6.07) is 1.63. The number of nitrogens with zero attached hydrogens (tertiary/aromatic N) is 1. The fourth-order valence-electron chi connectivity index (χ4n) is 3.67. The molecule has 1 N–H and O–H groups in total. The first-order chi connectivity index (χ1) is 13.1. The summed E-state index contributed by atoms with van der Waals surface area (Å²) in [5.74, 6) is 0. The van der Waals surface area contributed by atoms with E-state index in [-0.39, 0.29) is 5.56 Å². The lowest BCUT2D eigenvalue weighted by atomic mass is 10.0. The van der Waals surface area contributed by atoms with Gasteiger partial charge in [0.1, 0.15) is 0 Å². The Labute approximate surface area is 172 Å². The van der Waals surface area contributed by atoms with E-state index in [0.29, 0.717) is 4.77 Å². The van der Waals surface area contributed by atoms with Gasteiger partial charge in [0.05, 0.1) is 0 Å². The van der Waals surface area contributed by atoms with E-state index >= 15 is 0 Å². The maximum atomic E-state index is 11.9. The van der Waals surface area contributed by atoms with Crippen LogP contribution in [0.5, 0.6) is 0 Å². The summed E-state index contributed by atoms with van der Waals surface area (Å²) < 4.78 is 2.24. The van der Waals surface area contributed by atoms with Crippen LogP contribution in [0.1, 0.15) is 115 Å². The van der Waals surface area contributed by atoms with Crippen molar-refractivity contribution in [3.8, 4) is 0 Å². The molecule has 0 aromatic carbocycles. The molecule has 0 spiro atoms. The smallest absolute Gasteiger partial charge is 0.254 e. The van der Waals surface area contributed by atoms with Crippen LogP contribution >= 0.6 is 12.2 Å². The zero-order valence-electron chi connectivity index (χ0n) is 17.9. The molecular formula is C23H42N2OS. The van der Waals surface area contributed by atoms with Crippen molar-refractivity contribution < 1.29 is 0 Å². The molecule has 156 valence electrons. The van der Waals surface area contributed by atoms with Gasteiger partial charge in [0.2, 0.25) is 0 Å². The minimum Gasteiger partial charge on any atom is -0.336 e. The van der Waals surface area contributed by atoms with Crippen LogP contribution in [0.4, 0.5) is 0 Å². The largest absolute Gasteiger partial charge is 0.336 e. The van der Waals surface area contributed by atoms with Crippen LogP contribution in [0.2, 0.25) is 0 Å². The van der Waals surface area contributed by atoms with Gasteiger partial charge in [-0.1, -0.05) is 103 Å². The van der Waals surface area contributed by atoms with Crippen LogP contribution in [-0.4, -0.2) is 9.55 Å². The average molecular weight is 395 g/mol. The van der Waals surface area contributed by atoms with Crippen molar-refractivity contribution in [1.29, 1.82) is 0 Å². The Bertz CT molecular complexity index is 560. The molecule has 3 nitrogen and oxygen atoms in total. The van der Waals surface area contributed by atoms with E-state index in [1.165, 1.54) is 96.3 Å². The highest BCUT2D eigenvalue weighted by Crippen LogP contribution is 2.13. The molecule has 27 heavy (non-hydrogen) atoms. The van der Waals surface area contributed by atoms with Crippen molar-refractivity contribution in [2.45, 2.75) is 123 Å². The molecule has 0 fully saturated rings. The number of nitrogens with one attached hydrogen (secondary N) is 1. The van der Waals surface area contributed by atoms with E-state index < -0.39 is 0 Å². The lowest BCUT2D eigenvalue weighted by Crippen LogP contribution is -2.21. The van der Waals surface area contributed by atoms with Crippen LogP contribution in [0.3, 0.4) is 0 Å². The van der Waals surface area contributed by atoms with Gasteiger partial charge in [-0.25, -0.2) is 0 Å². The highest BCUT2D eigenvalue weighted by atomic mass is 32.1. The summed E-state index contributed by atoms with van der Waals surface area (Å²) in [7, 11) is 0. The van der Waals surface area contributed by atoms with Crippen LogP contribution < -0.4 is 5.56 Å². The Morgan fingerprint density at radius 2 is 1.19 bits per heavy atom. The third kappa shape index (κ3) is 12.2. The van der Waals surface area contributed by atoms with Crippen molar-refractivity contribution in [2.24, 2.45) is 0 Å². The van der Waals surface area contributed by atoms with E-state index in [0.717, 1.165) is 18.7 Å². The first kappa shape index (κ1) is 24.1. The lowest BCUT2D eigenvalue weighted by molar-refractivity contribution is 0.515. The van der Waals surface area contributed by atoms with Crippen LogP contribution in [0.25, 0.3) is 0 Å². The zero-order valence-corrected chi connectivity index (χ0v) is 18.7. The molecule has 0 amide bonds. The zero-order chi connectivity index (χ0) is 19.7. The number of hydrogen-bond donors (Lipinski definition) is 1. The van der Waals surface area contributed by atoms with Gasteiger partial charge in [-0.15, -0.1) is 0 Å². The normalized spacial score (nSPS) is 11.2. The van der Waals surface area contributed by atoms with Crippen LogP contribution in [-0.2, 0) is 6.54 Å². The van der Waals surface area contributed by atoms with Crippen LogP contribution in [0, 0.1) is 11.7 Å². The molecule has 4 heteroatoms. The van der Waals surface area contributed by atoms with Gasteiger partial charge >= 0.3 is 0 Å². The van der Waals surface area contributed by atoms with Gasteiger partial charge in [-0.2, -0.15) is 0 Å². The van der Waals surface area contributed by atoms with Crippen molar-refractivity contribution in [3.63, 3.8) is 0 Å². The van der Waals surface area contributed by atoms with Gasteiger partial charge in [0, 0.05) is 18.3 Å². The summed E-state index contributed by atoms with van der Waals surface area (Å²) in [5.41, 5.74) is 0.866. The maximum absolute atomic E-state index is 11.9. The highest BCUT2D eigenvalue weighted by molar-refractivity contribution is 7.71. The lowest BCUT2D eigenvalue weighted by Gasteiger charge is -2.07. The SMILES string of the molecule is CCCCCCCCCCCCCCCCCCn1c(=O)cc(C)[nH]c1=S. The molecule has 1 rings (SSSR count). The minimum absolute atomic E-state index is 0.0252. The number of H-pyrrole nitrogens is 1. The Morgan fingerprint density at radius 3 is 1.59 bits per heavy atom. The third-order valence-corrected chi connectivity index (χ3v) is 5.71. The molecule has 1 aromatic heterocycles. The van der Waals surface area contributed by atoms with Gasteiger partial charge in [0.25, 0.3) is 5.56 Å². The van der Waals surface area contributed by atoms with Gasteiger partial charge in [-0.3, -0.25) is 9.36 Å². The molecule has 1 heterocycles. The first-order valence-corrected chi connectivity index (χ1v) is 11.9. The predicted octanol–water partition coefficient (Wildman–Crippen LogP) is 7.48. The number of aromatic amines is 1. The van der Waals surface area contributed by atoms with Crippen molar-refractivity contribution >= 4 is 12.2 Å². The van der Waals surface area contributed by atoms with Gasteiger partial charge < -0.3 is 4.98 Å². The molecule has 1 aromatic rings. The fourth-order valence-corrected chi connectivity index (χ4v) is 4.01. The second-order valence-corrected chi connectivity index (χ2v) is 8.44. The van der Waals surface area contributed by atoms with E-state index in [2.05, 4.69) is 11.9 Å². The molecule has 0 saturated heterocycles. The molecule has 0 saturated carbocycles. The molecule has 0 radical (unpaired) electrons. The second-order valence-electron chi connectivity index (χ2n) is 8.05. The number of hydrogen-bond acceptors (Lipinski definition) is 2. The molecule has 0 aliphatic carbocycles. The van der Waals surface area contributed by atoms with Crippen molar-refractivity contribution in [1.82, 2.24) is 9.55 Å². The van der Waals surface area contributed by atoms with Crippen molar-refractivity contribution in [2.75, 3.05) is 0 Å². The first-order valence-electron chi connectivity index (χ1n) is 11.5. The fraction of sp³-hybridized carbons (Fsp3) is 0.826. The highest BCUT2D eigenvalue weighted by Gasteiger charge is 2.00. The standard InChI is InChI=1S/C23H42N2OS/c1-3-4-5-6-7-8-9-10-11-12-13-14-15-16-17-18-19-25-22(26)20-21(2)24-23(25)27/h20H,3-19H2,1-2H3,(H,24,27). The Kier molecular flexibility index (Phi) is 14.4. The molecule has 0 aliphatic heterocycles. The molecule has 0 bridgehead atoms. The average Bonchev–Trinajstić information content (AvgIpc) is 2.63. The summed E-state index contributed by atoms with van der Waals surface area (Å²) in [6.07, 6.45) is 21.8. The van der Waals surface area contributed by atoms with E-state index in [9.17, 15) is 4.79 Å². The number of aromatic nitrogens is 2. The third-order valence-electron chi connectivity index (χ3n) is 5.39. The Hall–Kier alpha value is -0.900. The Morgan fingerprint density at radius 1 is 0.778 bits per heavy atom. The Balaban J connectivity index is 1.87. The summed E-state index contributed by atoms with van der Waals surface area (Å²) >= 11 is 5.24. The number of unbranched alkanes of at least 4 members (excludes halogenated alkanes) is 15. The molecule has 0 atom stereocenters. The number of rotatable bonds is 17. The second kappa shape index (κ2) is 16.1. The van der Waals surface area contributed by atoms with Crippen LogP contribution in [0.15, 0.2) is 10.9 Å². The summed E-state index contributed by atoms with van der Waals surface area (Å²) in [6.45, 7) is 4.90. The maximum Gasteiger partial charge on any atom is 0.254 e. The van der Waals surface area contributed by atoms with E-state index in [4.69, 9.17) is 12.2 Å². The monoisotopic (exact) mass is 394 g/mol. The topological polar surface area (TPSA) is 37.8 Å². The molecule has 0 unspecified atom stereocenters. The predicted molar refractivity (Wildman–Crippen MR) is 120 cm³/mol. The molecular weight excluding hydrogens is 352 g/mol.